The molecular formula is C23H24N2O3. The number of fused-ring (bicyclic) bond motifs is 1. The molecule has 1 amide bonds. The summed E-state index contributed by atoms with van der Waals surface area (Å²) in [4.78, 5) is 27.4. The second kappa shape index (κ2) is 7.98. The van der Waals surface area contributed by atoms with Crippen molar-refractivity contribution in [1.82, 2.24) is 10.2 Å². The van der Waals surface area contributed by atoms with Gasteiger partial charge in [-0.3, -0.25) is 14.5 Å². The molecule has 28 heavy (non-hydrogen) atoms. The largest absolute Gasteiger partial charge is 0.451 e. The zero-order valence-corrected chi connectivity index (χ0v) is 16.0. The summed E-state index contributed by atoms with van der Waals surface area (Å²) in [5.41, 5.74) is 3.51. The van der Waals surface area contributed by atoms with E-state index in [-0.39, 0.29) is 17.1 Å². The minimum absolute atomic E-state index is 0.0402. The maximum absolute atomic E-state index is 12.6. The van der Waals surface area contributed by atoms with E-state index < -0.39 is 0 Å². The Bertz CT molecular complexity index is 1060. The number of likely N-dealkylation sites (tertiary alicyclic amines) is 1. The predicted octanol–water partition coefficient (Wildman–Crippen LogP) is 3.63. The highest BCUT2D eigenvalue weighted by molar-refractivity contribution is 5.93. The molecule has 1 aliphatic heterocycles. The van der Waals surface area contributed by atoms with Gasteiger partial charge in [0.25, 0.3) is 5.91 Å². The first-order valence-corrected chi connectivity index (χ1v) is 9.72. The average Bonchev–Trinajstić information content (AvgIpc) is 3.20. The summed E-state index contributed by atoms with van der Waals surface area (Å²) in [7, 11) is 0. The van der Waals surface area contributed by atoms with Gasteiger partial charge in [0.2, 0.25) is 0 Å². The SMILES string of the molecule is Cc1ccc2oc(C(=O)NCc3ccccc3CN3CCCC3)cc(=O)c2c1. The van der Waals surface area contributed by atoms with Crippen LogP contribution in [0.3, 0.4) is 0 Å². The van der Waals surface area contributed by atoms with Crippen LogP contribution in [0.2, 0.25) is 0 Å². The molecule has 4 rings (SSSR count). The third-order valence-electron chi connectivity index (χ3n) is 5.26. The zero-order valence-electron chi connectivity index (χ0n) is 16.0. The van der Waals surface area contributed by atoms with E-state index in [1.807, 2.05) is 31.2 Å². The minimum atomic E-state index is -0.379. The Hall–Kier alpha value is -2.92. The molecule has 1 N–H and O–H groups in total. The molecule has 0 radical (unpaired) electrons. The highest BCUT2D eigenvalue weighted by atomic mass is 16.3. The third kappa shape index (κ3) is 3.99. The molecule has 1 aliphatic rings. The molecule has 2 aromatic carbocycles. The molecule has 1 fully saturated rings. The van der Waals surface area contributed by atoms with Crippen LogP contribution in [0.15, 0.2) is 57.7 Å². The van der Waals surface area contributed by atoms with Crippen molar-refractivity contribution in [2.24, 2.45) is 0 Å². The smallest absolute Gasteiger partial charge is 0.287 e. The van der Waals surface area contributed by atoms with Crippen molar-refractivity contribution in [3.8, 4) is 0 Å². The van der Waals surface area contributed by atoms with Crippen LogP contribution >= 0.6 is 0 Å². The number of aryl methyl sites for hydroxylation is 1. The first kappa shape index (κ1) is 18.4. The highest BCUT2D eigenvalue weighted by Gasteiger charge is 2.15. The first-order chi connectivity index (χ1) is 13.6. The van der Waals surface area contributed by atoms with Crippen LogP contribution in [0.25, 0.3) is 11.0 Å². The van der Waals surface area contributed by atoms with Gasteiger partial charge in [-0.2, -0.15) is 0 Å². The van der Waals surface area contributed by atoms with Crippen LogP contribution in [0.4, 0.5) is 0 Å². The Kier molecular flexibility index (Phi) is 5.26. The van der Waals surface area contributed by atoms with Crippen LogP contribution in [-0.2, 0) is 13.1 Å². The number of benzene rings is 2. The number of hydrogen-bond donors (Lipinski definition) is 1. The number of carbonyl (C=O) groups is 1. The fourth-order valence-corrected chi connectivity index (χ4v) is 3.71. The second-order valence-electron chi connectivity index (χ2n) is 7.41. The molecule has 0 atom stereocenters. The van der Waals surface area contributed by atoms with Crippen LogP contribution in [-0.4, -0.2) is 23.9 Å². The fraction of sp³-hybridized carbons (Fsp3) is 0.304. The van der Waals surface area contributed by atoms with Gasteiger partial charge in [0, 0.05) is 19.2 Å². The van der Waals surface area contributed by atoms with Crippen LogP contribution in [0, 0.1) is 6.92 Å². The van der Waals surface area contributed by atoms with Crippen molar-refractivity contribution >= 4 is 16.9 Å². The first-order valence-electron chi connectivity index (χ1n) is 9.72. The van der Waals surface area contributed by atoms with Gasteiger partial charge in [-0.1, -0.05) is 35.9 Å². The molecule has 0 bridgehead atoms. The number of carbonyl (C=O) groups excluding carboxylic acids is 1. The van der Waals surface area contributed by atoms with Crippen LogP contribution in [0.1, 0.15) is 40.1 Å². The Balaban J connectivity index is 1.50. The van der Waals surface area contributed by atoms with Crippen LogP contribution < -0.4 is 10.7 Å². The van der Waals surface area contributed by atoms with Gasteiger partial charge in [0.15, 0.2) is 11.2 Å². The molecule has 5 heteroatoms. The maximum Gasteiger partial charge on any atom is 0.287 e. The standard InChI is InChI=1S/C23H24N2O3/c1-16-8-9-21-19(12-16)20(26)13-22(28-21)23(27)24-14-17-6-2-3-7-18(17)15-25-10-4-5-11-25/h2-3,6-9,12-13H,4-5,10-11,14-15H2,1H3,(H,24,27). The molecule has 1 saturated heterocycles. The topological polar surface area (TPSA) is 62.6 Å². The Morgan fingerprint density at radius 1 is 1.07 bits per heavy atom. The summed E-state index contributed by atoms with van der Waals surface area (Å²) in [6.45, 7) is 5.47. The Labute approximate surface area is 164 Å². The molecule has 144 valence electrons. The van der Waals surface area contributed by atoms with E-state index in [9.17, 15) is 9.59 Å². The number of rotatable bonds is 5. The number of hydrogen-bond acceptors (Lipinski definition) is 4. The van der Waals surface area contributed by atoms with Crippen molar-refractivity contribution < 1.29 is 9.21 Å². The van der Waals surface area contributed by atoms with Crippen LogP contribution in [0.5, 0.6) is 0 Å². The van der Waals surface area contributed by atoms with Crippen molar-refractivity contribution in [1.29, 1.82) is 0 Å². The van der Waals surface area contributed by atoms with Gasteiger partial charge in [-0.25, -0.2) is 0 Å². The molecule has 2 heterocycles. The zero-order chi connectivity index (χ0) is 19.5. The molecule has 0 saturated carbocycles. The molecular weight excluding hydrogens is 352 g/mol. The van der Waals surface area contributed by atoms with E-state index in [1.54, 1.807) is 12.1 Å². The quantitative estimate of drug-likeness (QED) is 0.739. The molecule has 0 aliphatic carbocycles. The normalized spacial score (nSPS) is 14.5. The lowest BCUT2D eigenvalue weighted by Crippen LogP contribution is -2.25. The van der Waals surface area contributed by atoms with Crippen molar-refractivity contribution in [3.63, 3.8) is 0 Å². The van der Waals surface area contributed by atoms with Gasteiger partial charge >= 0.3 is 0 Å². The number of nitrogens with zero attached hydrogens (tertiary/aromatic N) is 1. The van der Waals surface area contributed by atoms with Crippen molar-refractivity contribution in [3.05, 3.63) is 81.2 Å². The van der Waals surface area contributed by atoms with E-state index >= 15 is 0 Å². The predicted molar refractivity (Wildman–Crippen MR) is 109 cm³/mol. The van der Waals surface area contributed by atoms with Gasteiger partial charge in [0.05, 0.1) is 5.39 Å². The third-order valence-corrected chi connectivity index (χ3v) is 5.26. The summed E-state index contributed by atoms with van der Waals surface area (Å²) in [5, 5.41) is 3.39. The maximum atomic E-state index is 12.6. The van der Waals surface area contributed by atoms with Gasteiger partial charge in [-0.15, -0.1) is 0 Å². The van der Waals surface area contributed by atoms with Gasteiger partial charge in [-0.05, 0) is 56.1 Å². The highest BCUT2D eigenvalue weighted by Crippen LogP contribution is 2.17. The van der Waals surface area contributed by atoms with E-state index in [4.69, 9.17) is 4.42 Å². The van der Waals surface area contributed by atoms with E-state index in [0.29, 0.717) is 17.5 Å². The summed E-state index contributed by atoms with van der Waals surface area (Å²) in [6, 6.07) is 14.8. The molecule has 5 nitrogen and oxygen atoms in total. The van der Waals surface area contributed by atoms with Gasteiger partial charge < -0.3 is 9.73 Å². The molecule has 1 aromatic heterocycles. The Morgan fingerprint density at radius 2 is 1.82 bits per heavy atom. The fourth-order valence-electron chi connectivity index (χ4n) is 3.71. The minimum Gasteiger partial charge on any atom is -0.451 e. The van der Waals surface area contributed by atoms with E-state index in [1.165, 1.54) is 24.5 Å². The van der Waals surface area contributed by atoms with E-state index in [2.05, 4.69) is 16.3 Å². The lowest BCUT2D eigenvalue weighted by molar-refractivity contribution is 0.0923. The van der Waals surface area contributed by atoms with E-state index in [0.717, 1.165) is 30.8 Å². The second-order valence-corrected chi connectivity index (χ2v) is 7.41. The summed E-state index contributed by atoms with van der Waals surface area (Å²) in [5.74, 6) is -0.339. The summed E-state index contributed by atoms with van der Waals surface area (Å²) in [6.07, 6.45) is 2.50. The van der Waals surface area contributed by atoms with Crippen molar-refractivity contribution in [2.75, 3.05) is 13.1 Å². The average molecular weight is 376 g/mol. The lowest BCUT2D eigenvalue weighted by Gasteiger charge is -2.17. The number of amides is 1. The van der Waals surface area contributed by atoms with Gasteiger partial charge in [0.1, 0.15) is 5.58 Å². The Morgan fingerprint density at radius 3 is 2.61 bits per heavy atom. The van der Waals surface area contributed by atoms with Crippen molar-refractivity contribution in [2.45, 2.75) is 32.9 Å². The molecule has 3 aromatic rings. The number of nitrogens with one attached hydrogen (secondary N) is 1. The molecule has 0 unspecified atom stereocenters. The molecule has 0 spiro atoms. The monoisotopic (exact) mass is 376 g/mol. The summed E-state index contributed by atoms with van der Waals surface area (Å²) >= 11 is 0. The summed E-state index contributed by atoms with van der Waals surface area (Å²) < 4.78 is 5.67. The lowest BCUT2D eigenvalue weighted by atomic mass is 10.1.